The van der Waals surface area contributed by atoms with Gasteiger partial charge in [0.2, 0.25) is 0 Å². The summed E-state index contributed by atoms with van der Waals surface area (Å²) in [6, 6.07) is 0.161. The third kappa shape index (κ3) is 2.79. The second-order valence-corrected chi connectivity index (χ2v) is 5.06. The molecule has 1 N–H and O–H groups in total. The van der Waals surface area contributed by atoms with Crippen LogP contribution in [0.15, 0.2) is 6.07 Å². The largest absolute Gasteiger partial charge is 0.480 e. The van der Waals surface area contributed by atoms with Gasteiger partial charge in [-0.3, -0.25) is 14.4 Å². The Kier molecular flexibility index (Phi) is 3.77. The van der Waals surface area contributed by atoms with Gasteiger partial charge in [-0.15, -0.1) is 0 Å². The predicted molar refractivity (Wildman–Crippen MR) is 64.3 cm³/mol. The fraction of sp³-hybridized carbons (Fsp3) is 0.667. The first-order valence-corrected chi connectivity index (χ1v) is 6.30. The van der Waals surface area contributed by atoms with E-state index in [4.69, 9.17) is 5.11 Å². The predicted octanol–water partition coefficient (Wildman–Crippen LogP) is 1.93. The number of nitrogens with zero attached hydrogens (tertiary/aromatic N) is 3. The van der Waals surface area contributed by atoms with Crippen LogP contribution in [0.1, 0.15) is 30.8 Å². The van der Waals surface area contributed by atoms with Gasteiger partial charge in [0.05, 0.1) is 6.04 Å². The SMILES string of the molecule is Cc1cc(C(F)(F)F)nn1C1CCN(C(C)C(=O)O)C1. The van der Waals surface area contributed by atoms with E-state index >= 15 is 0 Å². The summed E-state index contributed by atoms with van der Waals surface area (Å²) in [5, 5.41) is 12.6. The van der Waals surface area contributed by atoms with Gasteiger partial charge in [0.25, 0.3) is 0 Å². The molecule has 1 fully saturated rings. The molecule has 0 spiro atoms. The third-order valence-corrected chi connectivity index (χ3v) is 3.66. The zero-order valence-electron chi connectivity index (χ0n) is 11.2. The van der Waals surface area contributed by atoms with Crippen LogP contribution in [-0.4, -0.2) is 44.9 Å². The first kappa shape index (κ1) is 14.8. The number of carboxylic acid groups (broad SMARTS) is 1. The molecule has 1 aliphatic heterocycles. The highest BCUT2D eigenvalue weighted by Gasteiger charge is 2.37. The topological polar surface area (TPSA) is 58.4 Å². The van der Waals surface area contributed by atoms with Crippen LogP contribution in [0.5, 0.6) is 0 Å². The molecule has 112 valence electrons. The van der Waals surface area contributed by atoms with E-state index in [2.05, 4.69) is 5.10 Å². The molecular formula is C12H16F3N3O2. The average Bonchev–Trinajstić information content (AvgIpc) is 2.92. The molecule has 0 saturated carbocycles. The molecule has 0 aromatic carbocycles. The van der Waals surface area contributed by atoms with Crippen molar-refractivity contribution in [3.05, 3.63) is 17.5 Å². The molecule has 8 heteroatoms. The van der Waals surface area contributed by atoms with Crippen LogP contribution in [0, 0.1) is 6.92 Å². The molecule has 0 radical (unpaired) electrons. The van der Waals surface area contributed by atoms with Gasteiger partial charge in [-0.1, -0.05) is 0 Å². The van der Waals surface area contributed by atoms with Crippen molar-refractivity contribution in [3.63, 3.8) is 0 Å². The lowest BCUT2D eigenvalue weighted by atomic mass is 10.2. The summed E-state index contributed by atoms with van der Waals surface area (Å²) in [5.74, 6) is -0.932. The minimum Gasteiger partial charge on any atom is -0.480 e. The Morgan fingerprint density at radius 2 is 2.20 bits per heavy atom. The second kappa shape index (κ2) is 5.08. The summed E-state index contributed by atoms with van der Waals surface area (Å²) in [6.45, 7) is 4.08. The number of hydrogen-bond donors (Lipinski definition) is 1. The quantitative estimate of drug-likeness (QED) is 0.924. The van der Waals surface area contributed by atoms with Gasteiger partial charge in [-0.2, -0.15) is 18.3 Å². The van der Waals surface area contributed by atoms with Gasteiger partial charge in [-0.25, -0.2) is 0 Å². The van der Waals surface area contributed by atoms with E-state index in [1.807, 2.05) is 0 Å². The first-order valence-electron chi connectivity index (χ1n) is 6.30. The molecule has 0 aliphatic carbocycles. The molecule has 2 unspecified atom stereocenters. The lowest BCUT2D eigenvalue weighted by molar-refractivity contribution is -0.142. The molecule has 1 saturated heterocycles. The fourth-order valence-electron chi connectivity index (χ4n) is 2.47. The number of carbonyl (C=O) groups is 1. The van der Waals surface area contributed by atoms with Crippen LogP contribution in [0.25, 0.3) is 0 Å². The van der Waals surface area contributed by atoms with Crippen molar-refractivity contribution in [1.82, 2.24) is 14.7 Å². The highest BCUT2D eigenvalue weighted by Crippen LogP contribution is 2.31. The van der Waals surface area contributed by atoms with Crippen molar-refractivity contribution < 1.29 is 23.1 Å². The first-order chi connectivity index (χ1) is 9.20. The Balaban J connectivity index is 2.14. The van der Waals surface area contributed by atoms with E-state index in [-0.39, 0.29) is 6.04 Å². The van der Waals surface area contributed by atoms with Crippen molar-refractivity contribution in [2.24, 2.45) is 0 Å². The normalized spacial score (nSPS) is 22.1. The van der Waals surface area contributed by atoms with Gasteiger partial charge in [0.15, 0.2) is 5.69 Å². The molecule has 2 heterocycles. The summed E-state index contributed by atoms with van der Waals surface area (Å²) in [6.07, 6.45) is -3.86. The Morgan fingerprint density at radius 3 is 2.70 bits per heavy atom. The van der Waals surface area contributed by atoms with E-state index in [0.717, 1.165) is 6.07 Å². The van der Waals surface area contributed by atoms with Crippen LogP contribution in [-0.2, 0) is 11.0 Å². The number of likely N-dealkylation sites (tertiary alicyclic amines) is 1. The van der Waals surface area contributed by atoms with Gasteiger partial charge in [-0.05, 0) is 26.3 Å². The zero-order chi connectivity index (χ0) is 15.1. The van der Waals surface area contributed by atoms with Gasteiger partial charge in [0.1, 0.15) is 6.04 Å². The fourth-order valence-corrected chi connectivity index (χ4v) is 2.47. The van der Waals surface area contributed by atoms with Crippen molar-refractivity contribution >= 4 is 5.97 Å². The summed E-state index contributed by atoms with van der Waals surface area (Å²) < 4.78 is 39.2. The number of aliphatic carboxylic acids is 1. The van der Waals surface area contributed by atoms with Crippen molar-refractivity contribution in [2.45, 2.75) is 38.5 Å². The maximum absolute atomic E-state index is 12.6. The van der Waals surface area contributed by atoms with E-state index in [0.29, 0.717) is 25.2 Å². The van der Waals surface area contributed by atoms with Crippen LogP contribution >= 0.6 is 0 Å². The molecule has 1 aromatic rings. The molecule has 1 aliphatic rings. The molecule has 1 aromatic heterocycles. The molecule has 2 atom stereocenters. The molecular weight excluding hydrogens is 275 g/mol. The zero-order valence-corrected chi connectivity index (χ0v) is 11.2. The average molecular weight is 291 g/mol. The Bertz CT molecular complexity index is 513. The number of carboxylic acids is 1. The van der Waals surface area contributed by atoms with E-state index in [1.165, 1.54) is 4.68 Å². The molecule has 20 heavy (non-hydrogen) atoms. The Morgan fingerprint density at radius 1 is 1.55 bits per heavy atom. The van der Waals surface area contributed by atoms with Gasteiger partial charge in [0, 0.05) is 18.8 Å². The number of halogens is 3. The number of aromatic nitrogens is 2. The second-order valence-electron chi connectivity index (χ2n) is 5.06. The Hall–Kier alpha value is -1.57. The van der Waals surface area contributed by atoms with E-state index in [9.17, 15) is 18.0 Å². The van der Waals surface area contributed by atoms with Gasteiger partial charge < -0.3 is 5.11 Å². The third-order valence-electron chi connectivity index (χ3n) is 3.66. The van der Waals surface area contributed by atoms with Crippen LogP contribution in [0.3, 0.4) is 0 Å². The van der Waals surface area contributed by atoms with Crippen LogP contribution < -0.4 is 0 Å². The summed E-state index contributed by atoms with van der Waals surface area (Å²) in [4.78, 5) is 12.7. The molecule has 5 nitrogen and oxygen atoms in total. The lowest BCUT2D eigenvalue weighted by Gasteiger charge is -2.20. The van der Waals surface area contributed by atoms with Crippen LogP contribution in [0.4, 0.5) is 13.2 Å². The minimum absolute atomic E-state index is 0.215. The maximum atomic E-state index is 12.6. The van der Waals surface area contributed by atoms with Gasteiger partial charge >= 0.3 is 12.1 Å². The van der Waals surface area contributed by atoms with Crippen molar-refractivity contribution in [2.75, 3.05) is 13.1 Å². The standard InChI is InChI=1S/C12H16F3N3O2/c1-7-5-10(12(13,14)15)16-18(7)9-3-4-17(6-9)8(2)11(19)20/h5,8-9H,3-4,6H2,1-2H3,(H,19,20). The summed E-state index contributed by atoms with van der Waals surface area (Å²) >= 11 is 0. The molecule has 0 bridgehead atoms. The minimum atomic E-state index is -4.46. The number of hydrogen-bond acceptors (Lipinski definition) is 3. The number of rotatable bonds is 3. The number of alkyl halides is 3. The molecule has 0 amide bonds. The highest BCUT2D eigenvalue weighted by atomic mass is 19.4. The lowest BCUT2D eigenvalue weighted by Crippen LogP contribution is -2.37. The van der Waals surface area contributed by atoms with Crippen LogP contribution in [0.2, 0.25) is 0 Å². The van der Waals surface area contributed by atoms with E-state index in [1.54, 1.807) is 18.7 Å². The summed E-state index contributed by atoms with van der Waals surface area (Å²) in [7, 11) is 0. The van der Waals surface area contributed by atoms with Crippen molar-refractivity contribution in [3.8, 4) is 0 Å². The maximum Gasteiger partial charge on any atom is 0.435 e. The Labute approximate surface area is 114 Å². The smallest absolute Gasteiger partial charge is 0.435 e. The van der Waals surface area contributed by atoms with E-state index < -0.39 is 23.9 Å². The number of aryl methyl sites for hydroxylation is 1. The van der Waals surface area contributed by atoms with Crippen molar-refractivity contribution in [1.29, 1.82) is 0 Å². The molecule has 2 rings (SSSR count). The highest BCUT2D eigenvalue weighted by molar-refractivity contribution is 5.72. The monoisotopic (exact) mass is 291 g/mol. The summed E-state index contributed by atoms with van der Waals surface area (Å²) in [5.41, 5.74) is -0.466.